The quantitative estimate of drug-likeness (QED) is 0.580. The van der Waals surface area contributed by atoms with Crippen LogP contribution in [0.25, 0.3) is 0 Å². The van der Waals surface area contributed by atoms with Crippen LogP contribution in [0.2, 0.25) is 0 Å². The van der Waals surface area contributed by atoms with E-state index in [-0.39, 0.29) is 12.1 Å². The van der Waals surface area contributed by atoms with E-state index in [1.165, 1.54) is 12.8 Å². The highest BCUT2D eigenvalue weighted by Crippen LogP contribution is 2.23. The van der Waals surface area contributed by atoms with Crippen LogP contribution in [0, 0.1) is 0 Å². The molecule has 2 aliphatic heterocycles. The predicted octanol–water partition coefficient (Wildman–Crippen LogP) is -0.476. The van der Waals surface area contributed by atoms with E-state index in [0.29, 0.717) is 0 Å². The Bertz CT molecular complexity index is 196. The second-order valence-corrected chi connectivity index (χ2v) is 5.04. The number of aliphatic hydroxyl groups is 1. The van der Waals surface area contributed by atoms with Crippen molar-refractivity contribution in [1.82, 2.24) is 10.2 Å². The van der Waals surface area contributed by atoms with Crippen molar-refractivity contribution in [2.45, 2.75) is 37.3 Å². The Morgan fingerprint density at radius 2 is 1.87 bits per heavy atom. The molecule has 0 saturated carbocycles. The average molecular weight is 213 g/mol. The molecule has 4 nitrogen and oxygen atoms in total. The van der Waals surface area contributed by atoms with Crippen molar-refractivity contribution < 1.29 is 5.11 Å². The molecule has 4 N–H and O–H groups in total. The maximum Gasteiger partial charge on any atom is 0.0612 e. The molecule has 4 heteroatoms. The van der Waals surface area contributed by atoms with Gasteiger partial charge in [-0.25, -0.2) is 0 Å². The summed E-state index contributed by atoms with van der Waals surface area (Å²) in [6.45, 7) is 4.54. The molecule has 0 aromatic carbocycles. The summed E-state index contributed by atoms with van der Waals surface area (Å²) in [6.07, 6.45) is 4.40. The number of nitrogens with two attached hydrogens (primary N) is 1. The smallest absolute Gasteiger partial charge is 0.0612 e. The second kappa shape index (κ2) is 4.78. The molecule has 0 amide bonds. The van der Waals surface area contributed by atoms with Crippen LogP contribution in [0.15, 0.2) is 0 Å². The van der Waals surface area contributed by atoms with Crippen LogP contribution in [-0.4, -0.2) is 54.4 Å². The fourth-order valence-corrected chi connectivity index (χ4v) is 2.66. The molecule has 0 aromatic heterocycles. The van der Waals surface area contributed by atoms with Crippen molar-refractivity contribution in [3.05, 3.63) is 0 Å². The Labute approximate surface area is 91.8 Å². The summed E-state index contributed by atoms with van der Waals surface area (Å²) < 4.78 is 0. The van der Waals surface area contributed by atoms with Gasteiger partial charge in [0.1, 0.15) is 0 Å². The number of likely N-dealkylation sites (tertiary alicyclic amines) is 1. The normalized spacial score (nSPS) is 29.2. The largest absolute Gasteiger partial charge is 0.394 e. The predicted molar refractivity (Wildman–Crippen MR) is 60.7 cm³/mol. The van der Waals surface area contributed by atoms with Crippen molar-refractivity contribution in [3.63, 3.8) is 0 Å². The third kappa shape index (κ3) is 2.69. The van der Waals surface area contributed by atoms with Crippen LogP contribution >= 0.6 is 0 Å². The fraction of sp³-hybridized carbons (Fsp3) is 1.00. The minimum Gasteiger partial charge on any atom is -0.394 e. The molecular formula is C11H23N3O. The molecule has 15 heavy (non-hydrogen) atoms. The van der Waals surface area contributed by atoms with Gasteiger partial charge in [0.15, 0.2) is 0 Å². The zero-order valence-corrected chi connectivity index (χ0v) is 9.41. The first-order valence-electron chi connectivity index (χ1n) is 6.08. The molecule has 0 radical (unpaired) electrons. The van der Waals surface area contributed by atoms with Crippen LogP contribution in [0.3, 0.4) is 0 Å². The number of nitrogens with zero attached hydrogens (tertiary/aromatic N) is 1. The summed E-state index contributed by atoms with van der Waals surface area (Å²) in [5.74, 6) is 0. The number of nitrogens with one attached hydrogen (secondary N) is 1. The first kappa shape index (κ1) is 11.3. The van der Waals surface area contributed by atoms with E-state index in [4.69, 9.17) is 5.73 Å². The molecule has 0 bridgehead atoms. The van der Waals surface area contributed by atoms with Gasteiger partial charge < -0.3 is 21.1 Å². The van der Waals surface area contributed by atoms with Gasteiger partial charge in [-0.1, -0.05) is 0 Å². The van der Waals surface area contributed by atoms with Gasteiger partial charge >= 0.3 is 0 Å². The van der Waals surface area contributed by atoms with Crippen LogP contribution in [-0.2, 0) is 0 Å². The van der Waals surface area contributed by atoms with Gasteiger partial charge in [-0.2, -0.15) is 0 Å². The van der Waals surface area contributed by atoms with Gasteiger partial charge in [0.05, 0.1) is 6.61 Å². The molecule has 0 unspecified atom stereocenters. The van der Waals surface area contributed by atoms with Crippen LogP contribution in [0.5, 0.6) is 0 Å². The fourth-order valence-electron chi connectivity index (χ4n) is 2.66. The molecule has 2 rings (SSSR count). The maximum atomic E-state index is 9.19. The van der Waals surface area contributed by atoms with E-state index in [2.05, 4.69) is 10.2 Å². The Hall–Kier alpha value is -0.160. The first-order chi connectivity index (χ1) is 7.23. The third-order valence-corrected chi connectivity index (χ3v) is 3.93. The Morgan fingerprint density at radius 1 is 1.27 bits per heavy atom. The van der Waals surface area contributed by atoms with E-state index in [9.17, 15) is 5.11 Å². The van der Waals surface area contributed by atoms with E-state index < -0.39 is 0 Å². The standard InChI is InChI=1S/C11H23N3O/c12-11(9-15)3-7-14(8-4-11)10-1-5-13-6-2-10/h10,13,15H,1-9,12H2. The lowest BCUT2D eigenvalue weighted by atomic mass is 9.88. The van der Waals surface area contributed by atoms with Crippen molar-refractivity contribution >= 4 is 0 Å². The monoisotopic (exact) mass is 213 g/mol. The number of hydrogen-bond donors (Lipinski definition) is 3. The van der Waals surface area contributed by atoms with Gasteiger partial charge in [0.25, 0.3) is 0 Å². The van der Waals surface area contributed by atoms with Crippen LogP contribution < -0.4 is 11.1 Å². The first-order valence-corrected chi connectivity index (χ1v) is 6.08. The van der Waals surface area contributed by atoms with Gasteiger partial charge in [-0.15, -0.1) is 0 Å². The molecule has 2 heterocycles. The molecule has 2 fully saturated rings. The highest BCUT2D eigenvalue weighted by Gasteiger charge is 2.32. The molecule has 0 aromatic rings. The van der Waals surface area contributed by atoms with E-state index in [0.717, 1.165) is 45.1 Å². The van der Waals surface area contributed by atoms with Crippen molar-refractivity contribution in [2.24, 2.45) is 5.73 Å². The Morgan fingerprint density at radius 3 is 2.40 bits per heavy atom. The molecule has 88 valence electrons. The lowest BCUT2D eigenvalue weighted by molar-refractivity contribution is 0.0697. The minimum absolute atomic E-state index is 0.132. The summed E-state index contributed by atoms with van der Waals surface area (Å²) >= 11 is 0. The van der Waals surface area contributed by atoms with Crippen LogP contribution in [0.1, 0.15) is 25.7 Å². The Balaban J connectivity index is 1.82. The van der Waals surface area contributed by atoms with Gasteiger partial charge in [0, 0.05) is 24.7 Å². The third-order valence-electron chi connectivity index (χ3n) is 3.93. The molecule has 0 atom stereocenters. The van der Waals surface area contributed by atoms with Crippen molar-refractivity contribution in [3.8, 4) is 0 Å². The SMILES string of the molecule is NC1(CO)CCN(C2CCNCC2)CC1. The van der Waals surface area contributed by atoms with Crippen molar-refractivity contribution in [2.75, 3.05) is 32.8 Å². The summed E-state index contributed by atoms with van der Waals surface area (Å²) in [5, 5.41) is 12.6. The molecular weight excluding hydrogens is 190 g/mol. The summed E-state index contributed by atoms with van der Waals surface area (Å²) in [5.41, 5.74) is 5.76. The zero-order valence-electron chi connectivity index (χ0n) is 9.41. The van der Waals surface area contributed by atoms with Crippen molar-refractivity contribution in [1.29, 1.82) is 0 Å². The van der Waals surface area contributed by atoms with E-state index >= 15 is 0 Å². The maximum absolute atomic E-state index is 9.19. The van der Waals surface area contributed by atoms with E-state index in [1.54, 1.807) is 0 Å². The lowest BCUT2D eigenvalue weighted by Crippen LogP contribution is -2.56. The summed E-state index contributed by atoms with van der Waals surface area (Å²) in [7, 11) is 0. The number of hydrogen-bond acceptors (Lipinski definition) is 4. The number of piperidine rings is 2. The Kier molecular flexibility index (Phi) is 3.61. The zero-order chi connectivity index (χ0) is 10.7. The summed E-state index contributed by atoms with van der Waals surface area (Å²) in [4.78, 5) is 2.56. The second-order valence-electron chi connectivity index (χ2n) is 5.04. The number of aliphatic hydroxyl groups excluding tert-OH is 1. The molecule has 0 spiro atoms. The van der Waals surface area contributed by atoms with Gasteiger partial charge in [0.2, 0.25) is 0 Å². The minimum atomic E-state index is -0.302. The number of rotatable bonds is 2. The summed E-state index contributed by atoms with van der Waals surface area (Å²) in [6, 6.07) is 0.745. The van der Waals surface area contributed by atoms with Gasteiger partial charge in [-0.3, -0.25) is 0 Å². The lowest BCUT2D eigenvalue weighted by Gasteiger charge is -2.43. The molecule has 2 aliphatic rings. The average Bonchev–Trinajstić information content (AvgIpc) is 2.31. The topological polar surface area (TPSA) is 61.5 Å². The highest BCUT2D eigenvalue weighted by atomic mass is 16.3. The van der Waals surface area contributed by atoms with Crippen LogP contribution in [0.4, 0.5) is 0 Å². The molecule has 2 saturated heterocycles. The highest BCUT2D eigenvalue weighted by molar-refractivity contribution is 4.92. The molecule has 0 aliphatic carbocycles. The van der Waals surface area contributed by atoms with E-state index in [1.807, 2.05) is 0 Å². The van der Waals surface area contributed by atoms with Gasteiger partial charge in [-0.05, 0) is 38.8 Å².